The number of amides is 1. The second-order valence-corrected chi connectivity index (χ2v) is 10.9. The SMILES string of the molecule is CCOc1ccccc1-c1ncc(C2(C(=O)N[C@H]3CCN(C)C3)CCN(c3ccc(C(F)(F)F)nc3C#N)CC2)cc1F. The summed E-state index contributed by atoms with van der Waals surface area (Å²) < 4.78 is 61.0. The average Bonchev–Trinajstić information content (AvgIpc) is 3.41. The topological polar surface area (TPSA) is 94.4 Å². The molecule has 2 saturated heterocycles. The molecule has 12 heteroatoms. The van der Waals surface area contributed by atoms with Crippen molar-refractivity contribution >= 4 is 11.6 Å². The number of nitrogens with zero attached hydrogens (tertiary/aromatic N) is 5. The standard InChI is InChI=1S/C31H32F4N6O2/c1-3-43-26-7-5-4-6-22(26)28-23(32)16-20(18-37-28)30(29(42)38-21-10-13-40(2)19-21)11-14-41(15-12-30)25-8-9-27(31(33,34)35)39-24(25)17-36/h4-9,16,18,21H,3,10-15,19H2,1-2H3,(H,38,42)/t21-/m0/s1. The van der Waals surface area contributed by atoms with Crippen molar-refractivity contribution in [2.45, 2.75) is 43.8 Å². The van der Waals surface area contributed by atoms with Gasteiger partial charge in [0.2, 0.25) is 5.91 Å². The fourth-order valence-corrected chi connectivity index (χ4v) is 5.94. The lowest BCUT2D eigenvalue weighted by Gasteiger charge is -2.42. The predicted molar refractivity (Wildman–Crippen MR) is 152 cm³/mol. The summed E-state index contributed by atoms with van der Waals surface area (Å²) in [6, 6.07) is 12.2. The fourth-order valence-electron chi connectivity index (χ4n) is 5.94. The number of rotatable bonds is 7. The fraction of sp³-hybridized carbons (Fsp3) is 0.419. The Morgan fingerprint density at radius 2 is 1.93 bits per heavy atom. The van der Waals surface area contributed by atoms with Crippen LogP contribution in [0.25, 0.3) is 11.3 Å². The third kappa shape index (κ3) is 6.13. The molecule has 0 saturated carbocycles. The van der Waals surface area contributed by atoms with Gasteiger partial charge in [-0.15, -0.1) is 0 Å². The van der Waals surface area contributed by atoms with Gasteiger partial charge in [0.1, 0.15) is 29.0 Å². The first-order valence-electron chi connectivity index (χ1n) is 14.2. The van der Waals surface area contributed by atoms with Crippen LogP contribution in [-0.2, 0) is 16.4 Å². The summed E-state index contributed by atoms with van der Waals surface area (Å²) in [5.74, 6) is -0.352. The zero-order valence-corrected chi connectivity index (χ0v) is 23.9. The first kappa shape index (κ1) is 30.2. The molecule has 43 heavy (non-hydrogen) atoms. The molecular formula is C31H32F4N6O2. The van der Waals surface area contributed by atoms with E-state index in [0.717, 1.165) is 19.0 Å². The number of likely N-dealkylation sites (N-methyl/N-ethyl adjacent to an activating group) is 1. The van der Waals surface area contributed by atoms with Gasteiger partial charge >= 0.3 is 6.18 Å². The summed E-state index contributed by atoms with van der Waals surface area (Å²) >= 11 is 0. The van der Waals surface area contributed by atoms with Crippen LogP contribution in [0.4, 0.5) is 23.2 Å². The molecule has 0 unspecified atom stereocenters. The predicted octanol–water partition coefficient (Wildman–Crippen LogP) is 4.93. The van der Waals surface area contributed by atoms with Gasteiger partial charge in [-0.3, -0.25) is 9.78 Å². The number of carbonyl (C=O) groups excluding carboxylic acids is 1. The van der Waals surface area contributed by atoms with Crippen LogP contribution in [0.1, 0.15) is 43.1 Å². The highest BCUT2D eigenvalue weighted by Crippen LogP contribution is 2.40. The van der Waals surface area contributed by atoms with E-state index in [1.54, 1.807) is 35.2 Å². The third-order valence-electron chi connectivity index (χ3n) is 8.22. The summed E-state index contributed by atoms with van der Waals surface area (Å²) in [4.78, 5) is 25.9. The number of anilines is 1. The Labute approximate surface area is 247 Å². The van der Waals surface area contributed by atoms with Gasteiger partial charge in [-0.25, -0.2) is 9.37 Å². The van der Waals surface area contributed by atoms with E-state index in [1.807, 2.05) is 14.0 Å². The van der Waals surface area contributed by atoms with E-state index in [-0.39, 0.29) is 55.0 Å². The minimum Gasteiger partial charge on any atom is -0.493 e. The van der Waals surface area contributed by atoms with E-state index in [0.29, 0.717) is 30.0 Å². The van der Waals surface area contributed by atoms with Gasteiger partial charge in [-0.2, -0.15) is 18.4 Å². The summed E-state index contributed by atoms with van der Waals surface area (Å²) in [6.07, 6.45) is -1.92. The molecule has 0 spiro atoms. The molecular weight excluding hydrogens is 564 g/mol. The number of aromatic nitrogens is 2. The molecule has 3 aromatic rings. The highest BCUT2D eigenvalue weighted by Gasteiger charge is 2.45. The van der Waals surface area contributed by atoms with Crippen molar-refractivity contribution in [1.29, 1.82) is 5.26 Å². The Balaban J connectivity index is 1.47. The van der Waals surface area contributed by atoms with Crippen molar-refractivity contribution in [3.63, 3.8) is 0 Å². The summed E-state index contributed by atoms with van der Waals surface area (Å²) in [7, 11) is 1.98. The monoisotopic (exact) mass is 596 g/mol. The Morgan fingerprint density at radius 1 is 1.19 bits per heavy atom. The highest BCUT2D eigenvalue weighted by molar-refractivity contribution is 5.89. The first-order valence-corrected chi connectivity index (χ1v) is 14.2. The lowest BCUT2D eigenvalue weighted by atomic mass is 9.72. The molecule has 1 aromatic carbocycles. The van der Waals surface area contributed by atoms with Gasteiger partial charge in [0.05, 0.1) is 17.7 Å². The maximum absolute atomic E-state index is 15.8. The van der Waals surface area contributed by atoms with Gasteiger partial charge in [0.25, 0.3) is 0 Å². The summed E-state index contributed by atoms with van der Waals surface area (Å²) in [5.41, 5.74) is -1.36. The van der Waals surface area contributed by atoms with Crippen LogP contribution in [0.15, 0.2) is 48.7 Å². The maximum Gasteiger partial charge on any atom is 0.433 e. The van der Waals surface area contributed by atoms with E-state index in [9.17, 15) is 23.2 Å². The summed E-state index contributed by atoms with van der Waals surface area (Å²) in [6.45, 7) is 4.23. The molecule has 4 heterocycles. The van der Waals surface area contributed by atoms with Crippen LogP contribution in [0.3, 0.4) is 0 Å². The third-order valence-corrected chi connectivity index (χ3v) is 8.22. The van der Waals surface area contributed by atoms with Crippen LogP contribution < -0.4 is 15.0 Å². The molecule has 8 nitrogen and oxygen atoms in total. The van der Waals surface area contributed by atoms with Crippen molar-refractivity contribution in [1.82, 2.24) is 20.2 Å². The second kappa shape index (κ2) is 12.2. The van der Waals surface area contributed by atoms with Crippen molar-refractivity contribution in [3.05, 3.63) is 71.4 Å². The van der Waals surface area contributed by atoms with Gasteiger partial charge in [0, 0.05) is 37.4 Å². The number of pyridine rings is 2. The molecule has 1 atom stereocenters. The molecule has 2 aliphatic rings. The smallest absolute Gasteiger partial charge is 0.433 e. The number of para-hydroxylation sites is 1. The minimum atomic E-state index is -4.68. The number of halogens is 4. The largest absolute Gasteiger partial charge is 0.493 e. The lowest BCUT2D eigenvalue weighted by molar-refractivity contribution is -0.141. The molecule has 1 N–H and O–H groups in total. The second-order valence-electron chi connectivity index (χ2n) is 10.9. The molecule has 1 amide bonds. The number of hydrogen-bond donors (Lipinski definition) is 1. The number of benzene rings is 1. The number of nitrogens with one attached hydrogen (secondary N) is 1. The van der Waals surface area contributed by atoms with Crippen molar-refractivity contribution in [3.8, 4) is 23.1 Å². The van der Waals surface area contributed by atoms with Gasteiger partial charge in [-0.1, -0.05) is 12.1 Å². The van der Waals surface area contributed by atoms with E-state index < -0.39 is 23.1 Å². The Morgan fingerprint density at radius 3 is 2.56 bits per heavy atom. The van der Waals surface area contributed by atoms with Crippen molar-refractivity contribution in [2.24, 2.45) is 0 Å². The minimum absolute atomic E-state index is 0.0631. The normalized spacial score (nSPS) is 18.7. The summed E-state index contributed by atoms with van der Waals surface area (Å²) in [5, 5.41) is 12.7. The van der Waals surface area contributed by atoms with Crippen LogP contribution in [0.5, 0.6) is 5.75 Å². The Hall–Kier alpha value is -4.24. The number of alkyl halides is 3. The molecule has 226 valence electrons. The number of piperidine rings is 1. The molecule has 2 fully saturated rings. The molecule has 0 aliphatic carbocycles. The van der Waals surface area contributed by atoms with E-state index >= 15 is 4.39 Å². The molecule has 2 aliphatic heterocycles. The van der Waals surface area contributed by atoms with Crippen molar-refractivity contribution < 1.29 is 27.1 Å². The molecule has 0 radical (unpaired) electrons. The number of nitriles is 1. The highest BCUT2D eigenvalue weighted by atomic mass is 19.4. The van der Waals surface area contributed by atoms with Crippen LogP contribution in [0.2, 0.25) is 0 Å². The molecule has 5 rings (SSSR count). The van der Waals surface area contributed by atoms with E-state index in [2.05, 4.69) is 20.2 Å². The van der Waals surface area contributed by atoms with Gasteiger partial charge in [-0.05, 0) is 75.7 Å². The van der Waals surface area contributed by atoms with Crippen LogP contribution in [-0.4, -0.2) is 66.7 Å². The lowest BCUT2D eigenvalue weighted by Crippen LogP contribution is -2.54. The van der Waals surface area contributed by atoms with E-state index in [4.69, 9.17) is 4.74 Å². The van der Waals surface area contributed by atoms with E-state index in [1.165, 1.54) is 18.3 Å². The molecule has 2 aromatic heterocycles. The first-order chi connectivity index (χ1) is 20.6. The van der Waals surface area contributed by atoms with Gasteiger partial charge in [0.15, 0.2) is 5.69 Å². The zero-order valence-electron chi connectivity index (χ0n) is 23.9. The van der Waals surface area contributed by atoms with Crippen LogP contribution in [0, 0.1) is 17.1 Å². The zero-order chi connectivity index (χ0) is 30.8. The number of carbonyl (C=O) groups is 1. The Bertz CT molecular complexity index is 1530. The average molecular weight is 597 g/mol. The van der Waals surface area contributed by atoms with Gasteiger partial charge < -0.3 is 19.9 Å². The van der Waals surface area contributed by atoms with Crippen molar-refractivity contribution in [2.75, 3.05) is 44.7 Å². The number of likely N-dealkylation sites (tertiary alicyclic amines) is 1. The quantitative estimate of drug-likeness (QED) is 0.387. The number of hydrogen-bond acceptors (Lipinski definition) is 7. The Kier molecular flexibility index (Phi) is 8.55. The molecule has 0 bridgehead atoms. The number of ether oxygens (including phenoxy) is 1. The van der Waals surface area contributed by atoms with Crippen LogP contribution >= 0.6 is 0 Å². The maximum atomic E-state index is 15.8.